The molecule has 4 heteroatoms. The number of amides is 2. The number of rotatable bonds is 8. The van der Waals surface area contributed by atoms with E-state index in [1.54, 1.807) is 0 Å². The lowest BCUT2D eigenvalue weighted by atomic mass is 9.43. The fourth-order valence-electron chi connectivity index (χ4n) is 9.05. The minimum atomic E-state index is -0.0480. The van der Waals surface area contributed by atoms with Gasteiger partial charge in [0.25, 0.3) is 0 Å². The van der Waals surface area contributed by atoms with Gasteiger partial charge in [0.05, 0.1) is 0 Å². The lowest BCUT2D eigenvalue weighted by Crippen LogP contribution is -2.54. The molecule has 4 aromatic rings. The Labute approximate surface area is 249 Å². The van der Waals surface area contributed by atoms with E-state index in [2.05, 4.69) is 0 Å². The molecule has 4 aliphatic carbocycles. The summed E-state index contributed by atoms with van der Waals surface area (Å²) in [5, 5.41) is 0. The Kier molecular flexibility index (Phi) is 6.93. The van der Waals surface area contributed by atoms with Crippen molar-refractivity contribution in [2.45, 2.75) is 51.4 Å². The van der Waals surface area contributed by atoms with E-state index in [9.17, 15) is 9.59 Å². The van der Waals surface area contributed by atoms with Gasteiger partial charge >= 0.3 is 0 Å². The van der Waals surface area contributed by atoms with Gasteiger partial charge in [-0.2, -0.15) is 0 Å². The summed E-state index contributed by atoms with van der Waals surface area (Å²) < 4.78 is 0. The van der Waals surface area contributed by atoms with Crippen LogP contribution in [0.1, 0.15) is 51.4 Å². The zero-order chi connectivity index (χ0) is 28.6. The predicted molar refractivity (Wildman–Crippen MR) is 169 cm³/mol. The minimum Gasteiger partial charge on any atom is -0.281 e. The van der Waals surface area contributed by atoms with Gasteiger partial charge in [0.15, 0.2) is 0 Å². The maximum atomic E-state index is 14.3. The van der Waals surface area contributed by atoms with Gasteiger partial charge in [0.2, 0.25) is 11.8 Å². The molecule has 212 valence electrons. The third-order valence-corrected chi connectivity index (χ3v) is 9.91. The Morgan fingerprint density at radius 3 is 1.07 bits per heavy atom. The van der Waals surface area contributed by atoms with Gasteiger partial charge < -0.3 is 0 Å². The van der Waals surface area contributed by atoms with Crippen molar-refractivity contribution in [2.75, 3.05) is 9.80 Å². The van der Waals surface area contributed by atoms with Crippen molar-refractivity contribution in [1.29, 1.82) is 0 Å². The topological polar surface area (TPSA) is 40.6 Å². The standard InChI is InChI=1S/C38H38N2O2/c41-35(39(31-13-5-1-6-14-31)32-15-7-2-8-16-32)26-37-22-29-21-30(23-37)25-38(24-29,28-37)27-36(42)40(33-17-9-3-10-18-33)34-19-11-4-12-20-34/h1-20,29-30H,21-28H2. The smallest absolute Gasteiger partial charge is 0.232 e. The summed E-state index contributed by atoms with van der Waals surface area (Å²) in [5.74, 6) is 1.50. The van der Waals surface area contributed by atoms with E-state index in [1.807, 2.05) is 131 Å². The zero-order valence-corrected chi connectivity index (χ0v) is 24.1. The second kappa shape index (κ2) is 10.9. The summed E-state index contributed by atoms with van der Waals surface area (Å²) in [6.45, 7) is 0. The molecule has 4 saturated carbocycles. The summed E-state index contributed by atoms with van der Waals surface area (Å²) >= 11 is 0. The van der Waals surface area contributed by atoms with Gasteiger partial charge in [-0.15, -0.1) is 0 Å². The normalized spacial score (nSPS) is 25.6. The van der Waals surface area contributed by atoms with Crippen LogP contribution in [0.25, 0.3) is 0 Å². The van der Waals surface area contributed by atoms with Crippen molar-refractivity contribution in [1.82, 2.24) is 0 Å². The first-order valence-corrected chi connectivity index (χ1v) is 15.4. The third-order valence-electron chi connectivity index (χ3n) is 9.91. The maximum Gasteiger partial charge on any atom is 0.232 e. The monoisotopic (exact) mass is 554 g/mol. The summed E-state index contributed by atoms with van der Waals surface area (Å²) in [6.07, 6.45) is 7.66. The van der Waals surface area contributed by atoms with Gasteiger partial charge in [-0.05, 0) is 110 Å². The quantitative estimate of drug-likeness (QED) is 0.218. The zero-order valence-electron chi connectivity index (χ0n) is 24.1. The molecule has 0 saturated heterocycles. The Morgan fingerprint density at radius 1 is 0.500 bits per heavy atom. The SMILES string of the molecule is O=C(CC12CC3CC(C1)CC(CC(=O)N(c1ccccc1)c1ccccc1)(C3)C2)N(c1ccccc1)c1ccccc1. The fraction of sp³-hybridized carbons (Fsp3) is 0.316. The highest BCUT2D eigenvalue weighted by Crippen LogP contribution is 2.67. The largest absolute Gasteiger partial charge is 0.281 e. The number of carbonyl (C=O) groups is 2. The van der Waals surface area contributed by atoms with Crippen LogP contribution in [0.3, 0.4) is 0 Å². The van der Waals surface area contributed by atoms with E-state index in [0.29, 0.717) is 24.7 Å². The van der Waals surface area contributed by atoms with E-state index < -0.39 is 0 Å². The van der Waals surface area contributed by atoms with Crippen LogP contribution >= 0.6 is 0 Å². The molecule has 4 aliphatic rings. The van der Waals surface area contributed by atoms with Crippen LogP contribution < -0.4 is 9.80 Å². The number of carbonyl (C=O) groups excluding carboxylic acids is 2. The highest BCUT2D eigenvalue weighted by atomic mass is 16.2. The second-order valence-corrected chi connectivity index (χ2v) is 13.1. The van der Waals surface area contributed by atoms with Crippen LogP contribution in [0.2, 0.25) is 0 Å². The van der Waals surface area contributed by atoms with Crippen molar-refractivity contribution in [3.05, 3.63) is 121 Å². The molecule has 4 fully saturated rings. The summed E-state index contributed by atoms with van der Waals surface area (Å²) in [4.78, 5) is 32.4. The summed E-state index contributed by atoms with van der Waals surface area (Å²) in [6, 6.07) is 40.1. The maximum absolute atomic E-state index is 14.3. The molecule has 0 N–H and O–H groups in total. The average molecular weight is 555 g/mol. The first kappa shape index (κ1) is 26.7. The van der Waals surface area contributed by atoms with Crippen molar-refractivity contribution in [3.8, 4) is 0 Å². The Hall–Kier alpha value is -4.18. The second-order valence-electron chi connectivity index (χ2n) is 13.1. The molecule has 0 unspecified atom stereocenters. The fourth-order valence-corrected chi connectivity index (χ4v) is 9.05. The van der Waals surface area contributed by atoms with Crippen LogP contribution in [0, 0.1) is 22.7 Å². The summed E-state index contributed by atoms with van der Waals surface area (Å²) in [7, 11) is 0. The number of hydrogen-bond acceptors (Lipinski definition) is 2. The highest BCUT2D eigenvalue weighted by Gasteiger charge is 2.58. The van der Waals surface area contributed by atoms with E-state index in [1.165, 1.54) is 6.42 Å². The molecule has 2 amide bonds. The molecule has 0 radical (unpaired) electrons. The molecule has 0 aromatic heterocycles. The van der Waals surface area contributed by atoms with Crippen LogP contribution in [0.5, 0.6) is 0 Å². The Bertz CT molecular complexity index is 1330. The lowest BCUT2D eigenvalue weighted by Gasteiger charge is -2.62. The van der Waals surface area contributed by atoms with E-state index >= 15 is 0 Å². The first-order valence-electron chi connectivity index (χ1n) is 15.4. The van der Waals surface area contributed by atoms with Crippen LogP contribution in [0.15, 0.2) is 121 Å². The van der Waals surface area contributed by atoms with E-state index in [4.69, 9.17) is 0 Å². The predicted octanol–water partition coefficient (Wildman–Crippen LogP) is 9.08. The highest BCUT2D eigenvalue weighted by molar-refractivity contribution is 6.01. The van der Waals surface area contributed by atoms with Gasteiger partial charge in [0, 0.05) is 35.6 Å². The molecule has 0 spiro atoms. The first-order chi connectivity index (χ1) is 20.5. The average Bonchev–Trinajstić information content (AvgIpc) is 2.98. The summed E-state index contributed by atoms with van der Waals surface area (Å²) in [5.41, 5.74) is 3.53. The van der Waals surface area contributed by atoms with Gasteiger partial charge in [0.1, 0.15) is 0 Å². The number of para-hydroxylation sites is 4. The van der Waals surface area contributed by atoms with Crippen molar-refractivity contribution >= 4 is 34.6 Å². The van der Waals surface area contributed by atoms with Crippen LogP contribution in [-0.4, -0.2) is 11.8 Å². The molecular weight excluding hydrogens is 516 g/mol. The molecule has 0 aliphatic heterocycles. The molecule has 0 atom stereocenters. The van der Waals surface area contributed by atoms with E-state index in [0.717, 1.165) is 54.9 Å². The molecule has 42 heavy (non-hydrogen) atoms. The molecule has 8 rings (SSSR count). The van der Waals surface area contributed by atoms with Gasteiger partial charge in [-0.1, -0.05) is 72.8 Å². The number of hydrogen-bond donors (Lipinski definition) is 0. The van der Waals surface area contributed by atoms with Crippen molar-refractivity contribution < 1.29 is 9.59 Å². The molecule has 4 bridgehead atoms. The van der Waals surface area contributed by atoms with Crippen LogP contribution in [0.4, 0.5) is 22.7 Å². The molecule has 4 aromatic carbocycles. The molecular formula is C38H38N2O2. The Morgan fingerprint density at radius 2 is 0.786 bits per heavy atom. The van der Waals surface area contributed by atoms with Gasteiger partial charge in [-0.3, -0.25) is 19.4 Å². The number of benzene rings is 4. The Balaban J connectivity index is 1.17. The van der Waals surface area contributed by atoms with Crippen molar-refractivity contribution in [2.24, 2.45) is 22.7 Å². The van der Waals surface area contributed by atoms with Crippen LogP contribution in [-0.2, 0) is 9.59 Å². The van der Waals surface area contributed by atoms with Gasteiger partial charge in [-0.25, -0.2) is 0 Å². The lowest BCUT2D eigenvalue weighted by molar-refractivity contribution is -0.143. The minimum absolute atomic E-state index is 0.0480. The third kappa shape index (κ3) is 5.15. The van der Waals surface area contributed by atoms with E-state index in [-0.39, 0.29) is 22.6 Å². The van der Waals surface area contributed by atoms with Crippen molar-refractivity contribution in [3.63, 3.8) is 0 Å². The molecule has 4 nitrogen and oxygen atoms in total. The number of anilines is 4. The molecule has 0 heterocycles. The number of nitrogens with zero attached hydrogens (tertiary/aromatic N) is 2.